The topological polar surface area (TPSA) is 32.8 Å². The van der Waals surface area contributed by atoms with Crippen LogP contribution in [0.25, 0.3) is 0 Å². The van der Waals surface area contributed by atoms with Crippen molar-refractivity contribution in [2.75, 3.05) is 26.7 Å². The van der Waals surface area contributed by atoms with E-state index in [0.29, 0.717) is 6.54 Å². The average molecular weight is 358 g/mol. The molecule has 1 aliphatic heterocycles. The van der Waals surface area contributed by atoms with Crippen molar-refractivity contribution in [3.05, 3.63) is 29.8 Å². The molecule has 0 N–H and O–H groups in total. The van der Waals surface area contributed by atoms with E-state index >= 15 is 0 Å². The van der Waals surface area contributed by atoms with Gasteiger partial charge in [0.2, 0.25) is 0 Å². The van der Waals surface area contributed by atoms with Crippen molar-refractivity contribution in [3.8, 4) is 5.75 Å². The number of carbonyl (C=O) groups is 1. The van der Waals surface area contributed by atoms with Gasteiger partial charge in [-0.15, -0.1) is 0 Å². The summed E-state index contributed by atoms with van der Waals surface area (Å²) in [6.07, 6.45) is -3.47. The lowest BCUT2D eigenvalue weighted by atomic mass is 10.0. The van der Waals surface area contributed by atoms with Crippen molar-refractivity contribution in [3.63, 3.8) is 0 Å². The lowest BCUT2D eigenvalue weighted by molar-refractivity contribution is -0.141. The minimum atomic E-state index is -4.43. The molecule has 1 aromatic carbocycles. The summed E-state index contributed by atoms with van der Waals surface area (Å²) in [6.45, 7) is 5.91. The molecule has 0 radical (unpaired) electrons. The van der Waals surface area contributed by atoms with E-state index in [9.17, 15) is 18.0 Å². The number of carbonyl (C=O) groups excluding carboxylic acids is 1. The maximum atomic E-state index is 12.8. The minimum Gasteiger partial charge on any atom is -0.481 e. The molecule has 0 saturated carbocycles. The van der Waals surface area contributed by atoms with Crippen molar-refractivity contribution in [2.24, 2.45) is 0 Å². The fourth-order valence-electron chi connectivity index (χ4n) is 3.13. The Balaban J connectivity index is 2.03. The Kier molecular flexibility index (Phi) is 6.32. The maximum absolute atomic E-state index is 12.8. The van der Waals surface area contributed by atoms with Crippen molar-refractivity contribution in [1.29, 1.82) is 0 Å². The normalized spacial score (nSPS) is 18.0. The molecule has 0 bridgehead atoms. The highest BCUT2D eigenvalue weighted by Gasteiger charge is 2.32. The van der Waals surface area contributed by atoms with Crippen molar-refractivity contribution in [1.82, 2.24) is 9.80 Å². The first-order chi connectivity index (χ1) is 11.7. The van der Waals surface area contributed by atoms with Gasteiger partial charge in [-0.2, -0.15) is 13.2 Å². The van der Waals surface area contributed by atoms with Gasteiger partial charge < -0.3 is 14.5 Å². The first-order valence-corrected chi connectivity index (χ1v) is 8.55. The highest BCUT2D eigenvalue weighted by atomic mass is 19.4. The third kappa shape index (κ3) is 5.11. The Bertz CT molecular complexity index is 584. The number of ether oxygens (including phenoxy) is 1. The van der Waals surface area contributed by atoms with Crippen molar-refractivity contribution >= 4 is 5.91 Å². The predicted octanol–water partition coefficient (Wildman–Crippen LogP) is 3.42. The number of alkyl halides is 3. The van der Waals surface area contributed by atoms with Crippen LogP contribution in [0.5, 0.6) is 5.75 Å². The first kappa shape index (κ1) is 19.6. The van der Waals surface area contributed by atoms with E-state index in [2.05, 4.69) is 4.90 Å². The van der Waals surface area contributed by atoms with Crippen LogP contribution in [-0.2, 0) is 11.0 Å². The second-order valence-corrected chi connectivity index (χ2v) is 6.44. The lowest BCUT2D eigenvalue weighted by Gasteiger charge is -2.37. The molecule has 0 aliphatic carbocycles. The summed E-state index contributed by atoms with van der Waals surface area (Å²) in [5, 5.41) is 0. The molecule has 1 amide bonds. The number of rotatable bonds is 5. The fraction of sp³-hybridized carbons (Fsp3) is 0.611. The number of likely N-dealkylation sites (tertiary alicyclic amines) is 1. The van der Waals surface area contributed by atoms with Crippen LogP contribution in [-0.4, -0.2) is 54.5 Å². The second-order valence-electron chi connectivity index (χ2n) is 6.44. The van der Waals surface area contributed by atoms with Gasteiger partial charge in [-0.25, -0.2) is 0 Å². The van der Waals surface area contributed by atoms with E-state index in [1.54, 1.807) is 11.8 Å². The Labute approximate surface area is 146 Å². The van der Waals surface area contributed by atoms with Gasteiger partial charge in [0, 0.05) is 12.6 Å². The summed E-state index contributed by atoms with van der Waals surface area (Å²) in [6, 6.07) is 4.78. The number of likely N-dealkylation sites (N-methyl/N-ethyl adjacent to an activating group) is 1. The Morgan fingerprint density at radius 3 is 2.56 bits per heavy atom. The Morgan fingerprint density at radius 2 is 2.00 bits per heavy atom. The smallest absolute Gasteiger partial charge is 0.416 e. The first-order valence-electron chi connectivity index (χ1n) is 8.55. The molecule has 0 spiro atoms. The van der Waals surface area contributed by atoms with E-state index in [4.69, 9.17) is 4.74 Å². The van der Waals surface area contributed by atoms with Crippen LogP contribution in [0, 0.1) is 0 Å². The van der Waals surface area contributed by atoms with E-state index < -0.39 is 17.8 Å². The van der Waals surface area contributed by atoms with Gasteiger partial charge in [0.15, 0.2) is 6.10 Å². The lowest BCUT2D eigenvalue weighted by Crippen LogP contribution is -2.50. The second kappa shape index (κ2) is 8.08. The van der Waals surface area contributed by atoms with Crippen LogP contribution < -0.4 is 4.74 Å². The van der Waals surface area contributed by atoms with Gasteiger partial charge in [0.05, 0.1) is 5.56 Å². The fourth-order valence-corrected chi connectivity index (χ4v) is 3.13. The molecule has 1 fully saturated rings. The van der Waals surface area contributed by atoms with Crippen LogP contribution in [0.4, 0.5) is 13.2 Å². The molecule has 0 aromatic heterocycles. The van der Waals surface area contributed by atoms with Gasteiger partial charge in [0.25, 0.3) is 5.91 Å². The van der Waals surface area contributed by atoms with Crippen LogP contribution in [0.1, 0.15) is 32.3 Å². The molecule has 7 heteroatoms. The number of piperidine rings is 1. The van der Waals surface area contributed by atoms with Crippen LogP contribution >= 0.6 is 0 Å². The van der Waals surface area contributed by atoms with E-state index in [0.717, 1.165) is 38.1 Å². The van der Waals surface area contributed by atoms with E-state index in [1.165, 1.54) is 12.1 Å². The highest BCUT2D eigenvalue weighted by Crippen LogP contribution is 2.31. The minimum absolute atomic E-state index is 0.0510. The Morgan fingerprint density at radius 1 is 1.36 bits per heavy atom. The molecular formula is C18H25F3N2O2. The summed E-state index contributed by atoms with van der Waals surface area (Å²) in [5.74, 6) is -0.135. The zero-order chi connectivity index (χ0) is 18.6. The molecule has 1 aromatic rings. The van der Waals surface area contributed by atoms with Crippen LogP contribution in [0.15, 0.2) is 24.3 Å². The van der Waals surface area contributed by atoms with Crippen molar-refractivity contribution < 1.29 is 22.7 Å². The quantitative estimate of drug-likeness (QED) is 0.809. The molecule has 4 nitrogen and oxygen atoms in total. The van der Waals surface area contributed by atoms with Gasteiger partial charge in [-0.3, -0.25) is 4.79 Å². The summed E-state index contributed by atoms with van der Waals surface area (Å²) < 4.78 is 43.9. The molecule has 1 heterocycles. The van der Waals surface area contributed by atoms with Crippen LogP contribution in [0.2, 0.25) is 0 Å². The third-order valence-electron chi connectivity index (χ3n) is 4.57. The summed E-state index contributed by atoms with van der Waals surface area (Å²) in [7, 11) is 2.05. The molecular weight excluding hydrogens is 333 g/mol. The molecule has 1 aliphatic rings. The number of halogens is 3. The number of amides is 1. The van der Waals surface area contributed by atoms with Crippen molar-refractivity contribution in [2.45, 2.75) is 45.0 Å². The van der Waals surface area contributed by atoms with Gasteiger partial charge in [0.1, 0.15) is 5.75 Å². The molecule has 25 heavy (non-hydrogen) atoms. The summed E-state index contributed by atoms with van der Waals surface area (Å²) in [4.78, 5) is 16.7. The number of benzene rings is 1. The largest absolute Gasteiger partial charge is 0.481 e. The van der Waals surface area contributed by atoms with Gasteiger partial charge in [-0.05, 0) is 65.0 Å². The number of hydrogen-bond acceptors (Lipinski definition) is 3. The highest BCUT2D eigenvalue weighted by molar-refractivity contribution is 5.81. The van der Waals surface area contributed by atoms with E-state index in [1.807, 2.05) is 14.0 Å². The molecule has 2 rings (SSSR count). The molecule has 1 atom stereocenters. The van der Waals surface area contributed by atoms with E-state index in [-0.39, 0.29) is 17.7 Å². The SMILES string of the molecule is CCN(C(=O)[C@H](C)Oc1cccc(C(F)(F)F)c1)C1CCN(C)CC1. The molecule has 1 saturated heterocycles. The standard InChI is InChI=1S/C18H25F3N2O2/c1-4-23(15-8-10-22(3)11-9-15)17(24)13(2)25-16-7-5-6-14(12-16)18(19,20)21/h5-7,12-13,15H,4,8-11H2,1-3H3/t13-/m0/s1. The zero-order valence-corrected chi connectivity index (χ0v) is 14.8. The van der Waals surface area contributed by atoms with Gasteiger partial charge >= 0.3 is 6.18 Å². The third-order valence-corrected chi connectivity index (χ3v) is 4.57. The molecule has 0 unspecified atom stereocenters. The average Bonchev–Trinajstić information content (AvgIpc) is 2.56. The zero-order valence-electron chi connectivity index (χ0n) is 14.8. The predicted molar refractivity (Wildman–Crippen MR) is 89.4 cm³/mol. The number of nitrogens with zero attached hydrogens (tertiary/aromatic N) is 2. The molecule has 140 valence electrons. The summed E-state index contributed by atoms with van der Waals surface area (Å²) in [5.41, 5.74) is -0.785. The van der Waals surface area contributed by atoms with Crippen LogP contribution in [0.3, 0.4) is 0 Å². The summed E-state index contributed by atoms with van der Waals surface area (Å²) >= 11 is 0. The van der Waals surface area contributed by atoms with Gasteiger partial charge in [-0.1, -0.05) is 6.07 Å². The number of hydrogen-bond donors (Lipinski definition) is 0. The maximum Gasteiger partial charge on any atom is 0.416 e. The Hall–Kier alpha value is -1.76. The monoisotopic (exact) mass is 358 g/mol.